The Kier molecular flexibility index (Phi) is 7.43. The molecule has 1 fully saturated rings. The van der Waals surface area contributed by atoms with Crippen molar-refractivity contribution in [3.63, 3.8) is 0 Å². The largest absolute Gasteiger partial charge is 0.352 e. The van der Waals surface area contributed by atoms with Gasteiger partial charge in [-0.25, -0.2) is 0 Å². The van der Waals surface area contributed by atoms with Gasteiger partial charge >= 0.3 is 0 Å². The summed E-state index contributed by atoms with van der Waals surface area (Å²) in [4.78, 5) is 14.8. The summed E-state index contributed by atoms with van der Waals surface area (Å²) in [6.07, 6.45) is 5.62. The molecule has 4 nitrogen and oxygen atoms in total. The number of likely N-dealkylation sites (tertiary alicyclic amines) is 1. The highest BCUT2D eigenvalue weighted by molar-refractivity contribution is 5.76. The van der Waals surface area contributed by atoms with Crippen molar-refractivity contribution in [2.45, 2.75) is 51.2 Å². The summed E-state index contributed by atoms with van der Waals surface area (Å²) in [5.41, 5.74) is 9.60. The second kappa shape index (κ2) is 10.2. The van der Waals surface area contributed by atoms with Gasteiger partial charge in [-0.2, -0.15) is 0 Å². The van der Waals surface area contributed by atoms with Crippen molar-refractivity contribution in [2.75, 3.05) is 13.1 Å². The Balaban J connectivity index is 1.48. The van der Waals surface area contributed by atoms with Crippen LogP contribution in [0.15, 0.2) is 54.6 Å². The summed E-state index contributed by atoms with van der Waals surface area (Å²) >= 11 is 0. The standard InChI is InChI=1S/C23H31N3O/c24-22(21-11-4-3-5-12-21)16-23(27)25-17-19-9-8-10-20(15-19)18-26-13-6-1-2-7-14-26/h3-5,8-12,15,22H,1-2,6-7,13-14,16-18,24H2,(H,25,27). The molecular weight excluding hydrogens is 334 g/mol. The van der Waals surface area contributed by atoms with Crippen LogP contribution in [0.1, 0.15) is 54.8 Å². The van der Waals surface area contributed by atoms with E-state index < -0.39 is 0 Å². The monoisotopic (exact) mass is 365 g/mol. The molecule has 1 saturated heterocycles. The predicted molar refractivity (Wildman–Crippen MR) is 110 cm³/mol. The lowest BCUT2D eigenvalue weighted by atomic mass is 10.0. The van der Waals surface area contributed by atoms with Crippen LogP contribution in [-0.4, -0.2) is 23.9 Å². The first-order valence-electron chi connectivity index (χ1n) is 10.1. The third-order valence-corrected chi connectivity index (χ3v) is 5.22. The minimum Gasteiger partial charge on any atom is -0.352 e. The highest BCUT2D eigenvalue weighted by Crippen LogP contribution is 2.15. The maximum atomic E-state index is 12.2. The molecule has 2 aromatic carbocycles. The molecule has 1 heterocycles. The molecule has 144 valence electrons. The Morgan fingerprint density at radius 3 is 2.41 bits per heavy atom. The summed E-state index contributed by atoms with van der Waals surface area (Å²) in [6, 6.07) is 18.1. The SMILES string of the molecule is NC(CC(=O)NCc1cccc(CN2CCCCCC2)c1)c1ccccc1. The number of rotatable bonds is 7. The third-order valence-electron chi connectivity index (χ3n) is 5.22. The smallest absolute Gasteiger partial charge is 0.222 e. The van der Waals surface area contributed by atoms with Crippen molar-refractivity contribution in [1.82, 2.24) is 10.2 Å². The van der Waals surface area contributed by atoms with Gasteiger partial charge in [0.15, 0.2) is 0 Å². The molecular formula is C23H31N3O. The molecule has 4 heteroatoms. The van der Waals surface area contributed by atoms with Gasteiger partial charge in [0.2, 0.25) is 5.91 Å². The predicted octanol–water partition coefficient (Wildman–Crippen LogP) is 3.77. The third kappa shape index (κ3) is 6.49. The van der Waals surface area contributed by atoms with Gasteiger partial charge in [-0.3, -0.25) is 9.69 Å². The van der Waals surface area contributed by atoms with Crippen molar-refractivity contribution in [3.05, 3.63) is 71.3 Å². The van der Waals surface area contributed by atoms with E-state index >= 15 is 0 Å². The molecule has 27 heavy (non-hydrogen) atoms. The van der Waals surface area contributed by atoms with Crippen LogP contribution in [0.3, 0.4) is 0 Å². The molecule has 1 atom stereocenters. The highest BCUT2D eigenvalue weighted by atomic mass is 16.1. The molecule has 1 amide bonds. The number of hydrogen-bond acceptors (Lipinski definition) is 3. The van der Waals surface area contributed by atoms with E-state index in [2.05, 4.69) is 34.5 Å². The van der Waals surface area contributed by atoms with Crippen LogP contribution in [0.25, 0.3) is 0 Å². The zero-order valence-electron chi connectivity index (χ0n) is 16.1. The van der Waals surface area contributed by atoms with Crippen LogP contribution in [0.4, 0.5) is 0 Å². The quantitative estimate of drug-likeness (QED) is 0.785. The van der Waals surface area contributed by atoms with Gasteiger partial charge in [0.25, 0.3) is 0 Å². The number of nitrogens with two attached hydrogens (primary N) is 1. The van der Waals surface area contributed by atoms with Crippen LogP contribution in [0.5, 0.6) is 0 Å². The average molecular weight is 366 g/mol. The van der Waals surface area contributed by atoms with E-state index in [-0.39, 0.29) is 11.9 Å². The molecule has 0 spiro atoms. The maximum absolute atomic E-state index is 12.2. The van der Waals surface area contributed by atoms with E-state index in [0.29, 0.717) is 13.0 Å². The number of nitrogens with one attached hydrogen (secondary N) is 1. The van der Waals surface area contributed by atoms with Crippen molar-refractivity contribution in [2.24, 2.45) is 5.73 Å². The first-order chi connectivity index (χ1) is 13.2. The van der Waals surface area contributed by atoms with Crippen molar-refractivity contribution >= 4 is 5.91 Å². The topological polar surface area (TPSA) is 58.4 Å². The van der Waals surface area contributed by atoms with Crippen molar-refractivity contribution in [3.8, 4) is 0 Å². The Hall–Kier alpha value is -2.17. The van der Waals surface area contributed by atoms with Gasteiger partial charge in [0, 0.05) is 25.6 Å². The molecule has 1 unspecified atom stereocenters. The molecule has 2 aromatic rings. The lowest BCUT2D eigenvalue weighted by Crippen LogP contribution is -2.27. The molecule has 0 saturated carbocycles. The van der Waals surface area contributed by atoms with Gasteiger partial charge in [-0.15, -0.1) is 0 Å². The Morgan fingerprint density at radius 2 is 1.67 bits per heavy atom. The molecule has 3 N–H and O–H groups in total. The van der Waals surface area contributed by atoms with Crippen LogP contribution < -0.4 is 11.1 Å². The molecule has 0 radical (unpaired) electrons. The van der Waals surface area contributed by atoms with Gasteiger partial charge in [-0.05, 0) is 42.6 Å². The summed E-state index contributed by atoms with van der Waals surface area (Å²) in [5, 5.41) is 3.01. The van der Waals surface area contributed by atoms with Crippen LogP contribution in [0, 0.1) is 0 Å². The number of benzene rings is 2. The van der Waals surface area contributed by atoms with Crippen LogP contribution in [0.2, 0.25) is 0 Å². The summed E-state index contributed by atoms with van der Waals surface area (Å²) in [6.45, 7) is 3.94. The molecule has 0 aliphatic carbocycles. The fourth-order valence-electron chi connectivity index (χ4n) is 3.68. The number of nitrogens with zero attached hydrogens (tertiary/aromatic N) is 1. The van der Waals surface area contributed by atoms with E-state index in [9.17, 15) is 4.79 Å². The van der Waals surface area contributed by atoms with Crippen molar-refractivity contribution < 1.29 is 4.79 Å². The van der Waals surface area contributed by atoms with E-state index in [1.807, 2.05) is 30.3 Å². The number of carbonyl (C=O) groups excluding carboxylic acids is 1. The normalized spacial score (nSPS) is 16.5. The number of amides is 1. The van der Waals surface area contributed by atoms with E-state index in [4.69, 9.17) is 5.73 Å². The first kappa shape index (κ1) is 19.6. The average Bonchev–Trinajstić information content (AvgIpc) is 2.96. The first-order valence-corrected chi connectivity index (χ1v) is 10.1. The van der Waals surface area contributed by atoms with E-state index in [1.165, 1.54) is 44.3 Å². The van der Waals surface area contributed by atoms with E-state index in [0.717, 1.165) is 17.7 Å². The lowest BCUT2D eigenvalue weighted by Gasteiger charge is -2.20. The zero-order chi connectivity index (χ0) is 18.9. The molecule has 1 aliphatic rings. The van der Waals surface area contributed by atoms with Gasteiger partial charge in [0.05, 0.1) is 0 Å². The Bertz CT molecular complexity index is 709. The van der Waals surface area contributed by atoms with Crippen LogP contribution >= 0.6 is 0 Å². The molecule has 0 aromatic heterocycles. The summed E-state index contributed by atoms with van der Waals surface area (Å²) in [7, 11) is 0. The zero-order valence-corrected chi connectivity index (χ0v) is 16.1. The molecule has 0 bridgehead atoms. The highest BCUT2D eigenvalue weighted by Gasteiger charge is 2.12. The molecule has 3 rings (SSSR count). The van der Waals surface area contributed by atoms with Crippen molar-refractivity contribution in [1.29, 1.82) is 0 Å². The van der Waals surface area contributed by atoms with Crippen LogP contribution in [-0.2, 0) is 17.9 Å². The minimum atomic E-state index is -0.263. The summed E-state index contributed by atoms with van der Waals surface area (Å²) in [5.74, 6) is -0.00993. The Morgan fingerprint density at radius 1 is 0.963 bits per heavy atom. The van der Waals surface area contributed by atoms with Gasteiger partial charge in [-0.1, -0.05) is 67.4 Å². The number of carbonyl (C=O) groups is 1. The lowest BCUT2D eigenvalue weighted by molar-refractivity contribution is -0.121. The van der Waals surface area contributed by atoms with E-state index in [1.54, 1.807) is 0 Å². The summed E-state index contributed by atoms with van der Waals surface area (Å²) < 4.78 is 0. The minimum absolute atomic E-state index is 0.00993. The maximum Gasteiger partial charge on any atom is 0.222 e. The molecule has 1 aliphatic heterocycles. The Labute approximate surface area is 162 Å². The second-order valence-corrected chi connectivity index (χ2v) is 7.51. The fraction of sp³-hybridized carbons (Fsp3) is 0.435. The van der Waals surface area contributed by atoms with Gasteiger partial charge < -0.3 is 11.1 Å². The number of hydrogen-bond donors (Lipinski definition) is 2. The fourth-order valence-corrected chi connectivity index (χ4v) is 3.68. The van der Waals surface area contributed by atoms with Gasteiger partial charge in [0.1, 0.15) is 0 Å². The second-order valence-electron chi connectivity index (χ2n) is 7.51.